The second-order valence-electron chi connectivity index (χ2n) is 8.99. The van der Waals surface area contributed by atoms with Crippen molar-refractivity contribution in [1.82, 2.24) is 4.90 Å². The molecule has 3 rings (SSSR count). The van der Waals surface area contributed by atoms with Crippen molar-refractivity contribution < 1.29 is 45.6 Å². The first kappa shape index (κ1) is 29.6. The third-order valence-electron chi connectivity index (χ3n) is 5.32. The number of thioether (sulfide) groups is 1. The van der Waals surface area contributed by atoms with E-state index in [-0.39, 0.29) is 17.9 Å². The van der Waals surface area contributed by atoms with Crippen molar-refractivity contribution in [2.24, 2.45) is 0 Å². The molecule has 1 aromatic heterocycles. The van der Waals surface area contributed by atoms with Gasteiger partial charge in [-0.3, -0.25) is 23.5 Å². The molecule has 38 heavy (non-hydrogen) atoms. The summed E-state index contributed by atoms with van der Waals surface area (Å²) in [5, 5.41) is 0.656. The van der Waals surface area contributed by atoms with Crippen LogP contribution in [0, 0.1) is 6.92 Å². The van der Waals surface area contributed by atoms with Gasteiger partial charge in [-0.05, 0) is 38.2 Å². The number of nitrogens with zero attached hydrogens (tertiary/aromatic N) is 1. The second kappa shape index (κ2) is 12.3. The molecule has 1 aromatic carbocycles. The fraction of sp³-hybridized carbons (Fsp3) is 0.500. The van der Waals surface area contributed by atoms with Crippen molar-refractivity contribution in [3.8, 4) is 0 Å². The maximum absolute atomic E-state index is 13.1. The molecule has 1 aliphatic heterocycles. The Balaban J connectivity index is 1.88. The third kappa shape index (κ3) is 8.03. The van der Waals surface area contributed by atoms with Crippen LogP contribution in [0.5, 0.6) is 0 Å². The molecule has 0 aliphatic carbocycles. The average molecular weight is 572 g/mol. The van der Waals surface area contributed by atoms with Gasteiger partial charge in [-0.2, -0.15) is 8.42 Å². The maximum Gasteiger partial charge on any atom is 0.336 e. The quantitative estimate of drug-likeness (QED) is 0.184. The Kier molecular flexibility index (Phi) is 9.57. The molecule has 0 amide bonds. The molecule has 1 fully saturated rings. The predicted molar refractivity (Wildman–Crippen MR) is 137 cm³/mol. The molecule has 0 unspecified atom stereocenters. The Hall–Kier alpha value is -2.94. The topological polar surface area (TPSA) is 156 Å². The highest BCUT2D eigenvalue weighted by Gasteiger charge is 2.48. The van der Waals surface area contributed by atoms with E-state index in [0.717, 1.165) is 18.7 Å². The van der Waals surface area contributed by atoms with Gasteiger partial charge >= 0.3 is 23.5 Å². The van der Waals surface area contributed by atoms with E-state index in [2.05, 4.69) is 0 Å². The van der Waals surface area contributed by atoms with E-state index in [0.29, 0.717) is 16.5 Å². The van der Waals surface area contributed by atoms with Crippen LogP contribution in [0.1, 0.15) is 25.0 Å². The molecule has 12 nitrogen and oxygen atoms in total. The molecular formula is C24H29NO11S2. The fourth-order valence-corrected chi connectivity index (χ4v) is 6.56. The van der Waals surface area contributed by atoms with Gasteiger partial charge in [-0.15, -0.1) is 11.8 Å². The summed E-state index contributed by atoms with van der Waals surface area (Å²) < 4.78 is 52.8. The number of hydrogen-bond acceptors (Lipinski definition) is 13. The number of benzene rings is 1. The van der Waals surface area contributed by atoms with Gasteiger partial charge in [0, 0.05) is 31.1 Å². The minimum atomic E-state index is -4.30. The Morgan fingerprint density at radius 3 is 2.37 bits per heavy atom. The largest absolute Gasteiger partial charge is 0.458 e. The van der Waals surface area contributed by atoms with E-state index >= 15 is 0 Å². The monoisotopic (exact) mass is 571 g/mol. The maximum atomic E-state index is 13.1. The smallest absolute Gasteiger partial charge is 0.336 e. The first-order chi connectivity index (χ1) is 17.7. The summed E-state index contributed by atoms with van der Waals surface area (Å²) >= 11 is 0.936. The minimum Gasteiger partial charge on any atom is -0.458 e. The second-order valence-corrected chi connectivity index (χ2v) is 11.7. The normalized spacial score (nSPS) is 21.7. The van der Waals surface area contributed by atoms with Crippen LogP contribution in [0.15, 0.2) is 33.5 Å². The molecule has 0 spiro atoms. The van der Waals surface area contributed by atoms with Crippen molar-refractivity contribution >= 4 is 50.8 Å². The van der Waals surface area contributed by atoms with E-state index in [4.69, 9.17) is 22.8 Å². The zero-order chi connectivity index (χ0) is 28.2. The fourth-order valence-electron chi connectivity index (χ4n) is 3.89. The summed E-state index contributed by atoms with van der Waals surface area (Å²) in [6.45, 7) is 3.88. The van der Waals surface area contributed by atoms with Gasteiger partial charge in [0.1, 0.15) is 11.3 Å². The highest BCUT2D eigenvalue weighted by atomic mass is 32.2. The van der Waals surface area contributed by atoms with E-state index in [9.17, 15) is 27.6 Å². The van der Waals surface area contributed by atoms with Gasteiger partial charge in [-0.1, -0.05) is 12.1 Å². The molecule has 1 aliphatic rings. The molecule has 0 radical (unpaired) electrons. The van der Waals surface area contributed by atoms with Gasteiger partial charge in [0.2, 0.25) is 0 Å². The summed E-state index contributed by atoms with van der Waals surface area (Å²) in [4.78, 5) is 49.2. The number of ether oxygens (including phenoxy) is 3. The number of fused-ring (bicyclic) bond motifs is 1. The highest BCUT2D eigenvalue weighted by Crippen LogP contribution is 2.35. The first-order valence-electron chi connectivity index (χ1n) is 11.5. The number of esters is 3. The van der Waals surface area contributed by atoms with Crippen molar-refractivity contribution in [3.05, 3.63) is 45.8 Å². The van der Waals surface area contributed by atoms with Crippen molar-refractivity contribution in [3.63, 3.8) is 0 Å². The Morgan fingerprint density at radius 1 is 1.05 bits per heavy atom. The van der Waals surface area contributed by atoms with Crippen LogP contribution < -0.4 is 5.63 Å². The summed E-state index contributed by atoms with van der Waals surface area (Å²) in [6.07, 6.45) is -3.71. The molecular weight excluding hydrogens is 542 g/mol. The van der Waals surface area contributed by atoms with Crippen LogP contribution in [-0.4, -0.2) is 81.4 Å². The number of likely N-dealkylation sites (N-methyl/N-ethyl adjacent to an activating group) is 1. The predicted octanol–water partition coefficient (Wildman–Crippen LogP) is 1.36. The van der Waals surface area contributed by atoms with E-state index in [1.54, 1.807) is 33.2 Å². The van der Waals surface area contributed by atoms with Crippen LogP contribution in [0.2, 0.25) is 0 Å². The molecule has 0 N–H and O–H groups in total. The minimum absolute atomic E-state index is 0.0137. The van der Waals surface area contributed by atoms with Gasteiger partial charge in [0.15, 0.2) is 23.7 Å². The summed E-state index contributed by atoms with van der Waals surface area (Å²) in [5.74, 6) is -2.70. The van der Waals surface area contributed by atoms with Gasteiger partial charge in [0.25, 0.3) is 10.1 Å². The van der Waals surface area contributed by atoms with Crippen LogP contribution in [0.25, 0.3) is 11.0 Å². The highest BCUT2D eigenvalue weighted by molar-refractivity contribution is 8.00. The van der Waals surface area contributed by atoms with E-state index in [1.165, 1.54) is 24.0 Å². The van der Waals surface area contributed by atoms with Crippen LogP contribution >= 0.6 is 11.8 Å². The summed E-state index contributed by atoms with van der Waals surface area (Å²) in [6, 6.07) is 5.98. The molecule has 208 valence electrons. The number of rotatable bonds is 9. The third-order valence-corrected chi connectivity index (χ3v) is 7.84. The number of carbonyl (C=O) groups is 3. The number of carbonyl (C=O) groups excluding carboxylic acids is 3. The first-order valence-corrected chi connectivity index (χ1v) is 14.1. The molecule has 1 saturated heterocycles. The van der Waals surface area contributed by atoms with Crippen LogP contribution in [0.3, 0.4) is 0 Å². The molecule has 2 aromatic rings. The SMILES string of the molecule is CC(=O)O[C@@H]1[C@@H](OC(=O)CN(C)C)[C@@H](OS(=O)(=O)Cc2ccc3c(C)cc(=O)oc3c2)SC[C@H]1OC(C)=O. The Labute approximate surface area is 223 Å². The molecule has 0 saturated carbocycles. The zero-order valence-electron chi connectivity index (χ0n) is 21.5. The summed E-state index contributed by atoms with van der Waals surface area (Å²) in [5.41, 5.74) is -0.664. The molecule has 4 atom stereocenters. The van der Waals surface area contributed by atoms with Crippen molar-refractivity contribution in [2.45, 2.75) is 50.3 Å². The number of hydrogen-bond donors (Lipinski definition) is 0. The average Bonchev–Trinajstić information content (AvgIpc) is 2.75. The lowest BCUT2D eigenvalue weighted by Gasteiger charge is -2.39. The van der Waals surface area contributed by atoms with E-state index in [1.807, 2.05) is 0 Å². The van der Waals surface area contributed by atoms with Crippen LogP contribution in [0.4, 0.5) is 0 Å². The molecule has 2 heterocycles. The van der Waals surface area contributed by atoms with Gasteiger partial charge in [0.05, 0.1) is 6.54 Å². The molecule has 0 bridgehead atoms. The van der Waals surface area contributed by atoms with Crippen molar-refractivity contribution in [2.75, 3.05) is 26.4 Å². The Morgan fingerprint density at radius 2 is 1.74 bits per heavy atom. The van der Waals surface area contributed by atoms with Crippen molar-refractivity contribution in [1.29, 1.82) is 0 Å². The Bertz CT molecular complexity index is 1370. The lowest BCUT2D eigenvalue weighted by molar-refractivity contribution is -0.187. The number of aryl methyl sites for hydroxylation is 1. The van der Waals surface area contributed by atoms with Gasteiger partial charge < -0.3 is 18.6 Å². The lowest BCUT2D eigenvalue weighted by Crippen LogP contribution is -2.55. The zero-order valence-corrected chi connectivity index (χ0v) is 23.1. The van der Waals surface area contributed by atoms with E-state index < -0.39 is 63.2 Å². The van der Waals surface area contributed by atoms with Crippen LogP contribution in [-0.2, 0) is 48.6 Å². The lowest BCUT2D eigenvalue weighted by atomic mass is 10.1. The molecule has 14 heteroatoms. The standard InChI is InChI=1S/C24H29NO11S2/c1-13-8-20(28)34-18-9-16(6-7-17(13)18)12-38(30,31)36-24-23(35-21(29)10-25(4)5)22(33-15(3)27)19(11-37-24)32-14(2)26/h6-9,19,22-24H,10-12H2,1-5H3/t19-,22+,23-,24+/m1/s1. The summed E-state index contributed by atoms with van der Waals surface area (Å²) in [7, 11) is -1.03. The van der Waals surface area contributed by atoms with Gasteiger partial charge in [-0.25, -0.2) is 4.79 Å².